The van der Waals surface area contributed by atoms with Crippen molar-refractivity contribution in [3.05, 3.63) is 48.2 Å². The summed E-state index contributed by atoms with van der Waals surface area (Å²) in [5, 5.41) is 0. The van der Waals surface area contributed by atoms with Crippen molar-refractivity contribution in [2.24, 2.45) is 5.73 Å². The Kier molecular flexibility index (Phi) is 2.53. The first-order valence-electron chi connectivity index (χ1n) is 5.75. The molecule has 0 fully saturated rings. The van der Waals surface area contributed by atoms with E-state index in [-0.39, 0.29) is 0 Å². The van der Waals surface area contributed by atoms with Crippen LogP contribution < -0.4 is 5.73 Å². The molecule has 0 aromatic carbocycles. The molecule has 90 valence electrons. The standard InChI is InChI=1S/C13H13N5/c1-9-16-12(11-4-2-3-5-15-11)6-13-17-10(7-14)8-18(9)13/h2-6,8H,7,14H2,1H3. The van der Waals surface area contributed by atoms with Gasteiger partial charge < -0.3 is 5.73 Å². The highest BCUT2D eigenvalue weighted by molar-refractivity contribution is 5.60. The van der Waals surface area contributed by atoms with Gasteiger partial charge in [-0.2, -0.15) is 0 Å². The van der Waals surface area contributed by atoms with Crippen LogP contribution in [-0.4, -0.2) is 19.4 Å². The minimum Gasteiger partial charge on any atom is -0.325 e. The summed E-state index contributed by atoms with van der Waals surface area (Å²) in [5.74, 6) is 0.875. The molecule has 0 aliphatic rings. The molecule has 0 saturated carbocycles. The van der Waals surface area contributed by atoms with Crippen LogP contribution in [0.25, 0.3) is 17.0 Å². The van der Waals surface area contributed by atoms with Gasteiger partial charge in [0, 0.05) is 25.0 Å². The average molecular weight is 239 g/mol. The molecule has 0 aliphatic heterocycles. The van der Waals surface area contributed by atoms with Crippen molar-refractivity contribution in [1.29, 1.82) is 0 Å². The number of nitrogens with zero attached hydrogens (tertiary/aromatic N) is 4. The van der Waals surface area contributed by atoms with E-state index in [2.05, 4.69) is 15.0 Å². The van der Waals surface area contributed by atoms with Crippen molar-refractivity contribution in [2.45, 2.75) is 13.5 Å². The zero-order chi connectivity index (χ0) is 12.5. The summed E-state index contributed by atoms with van der Waals surface area (Å²) in [4.78, 5) is 13.3. The maximum absolute atomic E-state index is 5.60. The van der Waals surface area contributed by atoms with Crippen molar-refractivity contribution in [2.75, 3.05) is 0 Å². The van der Waals surface area contributed by atoms with Crippen LogP contribution in [0, 0.1) is 6.92 Å². The Morgan fingerprint density at radius 3 is 2.83 bits per heavy atom. The molecule has 5 nitrogen and oxygen atoms in total. The Balaban J connectivity index is 2.21. The van der Waals surface area contributed by atoms with Crippen molar-refractivity contribution in [3.8, 4) is 11.4 Å². The van der Waals surface area contributed by atoms with Gasteiger partial charge in [-0.25, -0.2) is 9.97 Å². The Labute approximate surface area is 104 Å². The molecule has 0 unspecified atom stereocenters. The van der Waals surface area contributed by atoms with E-state index in [1.807, 2.05) is 41.8 Å². The second-order valence-electron chi connectivity index (χ2n) is 4.07. The van der Waals surface area contributed by atoms with E-state index in [0.29, 0.717) is 6.54 Å². The third kappa shape index (κ3) is 1.74. The molecule has 0 spiro atoms. The lowest BCUT2D eigenvalue weighted by Gasteiger charge is -2.03. The van der Waals surface area contributed by atoms with E-state index < -0.39 is 0 Å². The number of fused-ring (bicyclic) bond motifs is 1. The second-order valence-corrected chi connectivity index (χ2v) is 4.07. The zero-order valence-corrected chi connectivity index (χ0v) is 10.0. The first-order chi connectivity index (χ1) is 8.78. The van der Waals surface area contributed by atoms with Crippen LogP contribution in [0.2, 0.25) is 0 Å². The molecule has 0 bridgehead atoms. The van der Waals surface area contributed by atoms with Crippen LogP contribution in [0.1, 0.15) is 11.5 Å². The minimum absolute atomic E-state index is 0.431. The summed E-state index contributed by atoms with van der Waals surface area (Å²) < 4.78 is 1.94. The summed E-state index contributed by atoms with van der Waals surface area (Å²) in [6, 6.07) is 7.69. The smallest absolute Gasteiger partial charge is 0.140 e. The molecular formula is C13H13N5. The third-order valence-corrected chi connectivity index (χ3v) is 2.82. The van der Waals surface area contributed by atoms with Crippen molar-refractivity contribution >= 4 is 5.65 Å². The number of pyridine rings is 1. The third-order valence-electron chi connectivity index (χ3n) is 2.82. The number of imidazole rings is 1. The highest BCUT2D eigenvalue weighted by Crippen LogP contribution is 2.17. The predicted molar refractivity (Wildman–Crippen MR) is 68.8 cm³/mol. The topological polar surface area (TPSA) is 69.1 Å². The monoisotopic (exact) mass is 239 g/mol. The molecular weight excluding hydrogens is 226 g/mol. The molecule has 0 amide bonds. The lowest BCUT2D eigenvalue weighted by molar-refractivity contribution is 0.978. The number of aromatic nitrogens is 4. The molecule has 0 radical (unpaired) electrons. The Morgan fingerprint density at radius 2 is 2.11 bits per heavy atom. The molecule has 3 rings (SSSR count). The highest BCUT2D eigenvalue weighted by atomic mass is 15.1. The summed E-state index contributed by atoms with van der Waals surface area (Å²) >= 11 is 0. The molecule has 2 N–H and O–H groups in total. The summed E-state index contributed by atoms with van der Waals surface area (Å²) in [5.41, 5.74) is 8.99. The van der Waals surface area contributed by atoms with E-state index in [0.717, 1.165) is 28.6 Å². The Bertz CT molecular complexity index is 687. The fraction of sp³-hybridized carbons (Fsp3) is 0.154. The normalized spacial score (nSPS) is 11.0. The number of rotatable bonds is 2. The van der Waals surface area contributed by atoms with Crippen molar-refractivity contribution in [3.63, 3.8) is 0 Å². The molecule has 0 saturated heterocycles. The fourth-order valence-electron chi connectivity index (χ4n) is 1.93. The van der Waals surface area contributed by atoms with Gasteiger partial charge >= 0.3 is 0 Å². The van der Waals surface area contributed by atoms with Gasteiger partial charge in [-0.15, -0.1) is 0 Å². The zero-order valence-electron chi connectivity index (χ0n) is 10.0. The highest BCUT2D eigenvalue weighted by Gasteiger charge is 2.08. The van der Waals surface area contributed by atoms with Crippen LogP contribution in [-0.2, 0) is 6.54 Å². The quantitative estimate of drug-likeness (QED) is 0.736. The van der Waals surface area contributed by atoms with E-state index in [9.17, 15) is 0 Å². The summed E-state index contributed by atoms with van der Waals surface area (Å²) in [7, 11) is 0. The lowest BCUT2D eigenvalue weighted by Crippen LogP contribution is -1.97. The second kappa shape index (κ2) is 4.19. The van der Waals surface area contributed by atoms with Gasteiger partial charge in [0.1, 0.15) is 11.5 Å². The molecule has 0 atom stereocenters. The first-order valence-corrected chi connectivity index (χ1v) is 5.75. The number of hydrogen-bond acceptors (Lipinski definition) is 4. The van der Waals surface area contributed by atoms with Crippen LogP contribution in [0.4, 0.5) is 0 Å². The van der Waals surface area contributed by atoms with E-state index >= 15 is 0 Å². The van der Waals surface area contributed by atoms with Gasteiger partial charge in [-0.1, -0.05) is 6.07 Å². The number of hydrogen-bond donors (Lipinski definition) is 1. The number of nitrogens with two attached hydrogens (primary N) is 1. The summed E-state index contributed by atoms with van der Waals surface area (Å²) in [6.45, 7) is 2.38. The first kappa shape index (κ1) is 10.9. The molecule has 3 aromatic heterocycles. The SMILES string of the molecule is Cc1nc(-c2ccccn2)cc2nc(CN)cn12. The molecule has 5 heteroatoms. The Hall–Kier alpha value is -2.27. The van der Waals surface area contributed by atoms with Gasteiger partial charge in [0.15, 0.2) is 0 Å². The lowest BCUT2D eigenvalue weighted by atomic mass is 10.2. The molecule has 0 aliphatic carbocycles. The van der Waals surface area contributed by atoms with Gasteiger partial charge in [-0.3, -0.25) is 9.38 Å². The van der Waals surface area contributed by atoms with Crippen LogP contribution >= 0.6 is 0 Å². The maximum Gasteiger partial charge on any atom is 0.140 e. The van der Waals surface area contributed by atoms with Crippen LogP contribution in [0.5, 0.6) is 0 Å². The minimum atomic E-state index is 0.431. The van der Waals surface area contributed by atoms with E-state index in [4.69, 9.17) is 5.73 Å². The largest absolute Gasteiger partial charge is 0.325 e. The van der Waals surface area contributed by atoms with E-state index in [1.54, 1.807) is 6.20 Å². The van der Waals surface area contributed by atoms with Crippen molar-refractivity contribution < 1.29 is 0 Å². The average Bonchev–Trinajstić information content (AvgIpc) is 2.83. The Morgan fingerprint density at radius 1 is 1.22 bits per heavy atom. The van der Waals surface area contributed by atoms with Gasteiger partial charge in [0.2, 0.25) is 0 Å². The molecule has 18 heavy (non-hydrogen) atoms. The van der Waals surface area contributed by atoms with Gasteiger partial charge in [-0.05, 0) is 19.1 Å². The van der Waals surface area contributed by atoms with Gasteiger partial charge in [0.05, 0.1) is 17.1 Å². The molecule has 3 heterocycles. The van der Waals surface area contributed by atoms with Crippen LogP contribution in [0.15, 0.2) is 36.7 Å². The maximum atomic E-state index is 5.60. The van der Waals surface area contributed by atoms with Crippen molar-refractivity contribution in [1.82, 2.24) is 19.4 Å². The van der Waals surface area contributed by atoms with Gasteiger partial charge in [0.25, 0.3) is 0 Å². The fourth-order valence-corrected chi connectivity index (χ4v) is 1.93. The number of aryl methyl sites for hydroxylation is 1. The molecule has 3 aromatic rings. The van der Waals surface area contributed by atoms with E-state index in [1.165, 1.54) is 0 Å². The summed E-state index contributed by atoms with van der Waals surface area (Å²) in [6.07, 6.45) is 3.67. The van der Waals surface area contributed by atoms with Crippen LogP contribution in [0.3, 0.4) is 0 Å². The predicted octanol–water partition coefficient (Wildman–Crippen LogP) is 1.56.